The number of ether oxygens (including phenoxy) is 1. The van der Waals surface area contributed by atoms with Crippen LogP contribution in [0.1, 0.15) is 28.0 Å². The van der Waals surface area contributed by atoms with Crippen molar-refractivity contribution in [1.82, 2.24) is 15.0 Å². The number of hydrogen-bond donors (Lipinski definition) is 1. The van der Waals surface area contributed by atoms with E-state index in [1.807, 2.05) is 11.4 Å². The first kappa shape index (κ1) is 14.2. The second-order valence-corrected chi connectivity index (χ2v) is 5.51. The SMILES string of the molecule is CCOC(=O)c1nnn(Cc2sccc2Br)c1CN. The molecule has 0 saturated carbocycles. The summed E-state index contributed by atoms with van der Waals surface area (Å²) in [6.07, 6.45) is 0. The van der Waals surface area contributed by atoms with Crippen molar-refractivity contribution in [3.05, 3.63) is 32.2 Å². The molecule has 19 heavy (non-hydrogen) atoms. The van der Waals surface area contributed by atoms with Crippen molar-refractivity contribution in [3.8, 4) is 0 Å². The lowest BCUT2D eigenvalue weighted by Crippen LogP contribution is -2.14. The zero-order valence-corrected chi connectivity index (χ0v) is 12.7. The van der Waals surface area contributed by atoms with Crippen molar-refractivity contribution >= 4 is 33.2 Å². The molecule has 2 aromatic heterocycles. The van der Waals surface area contributed by atoms with Crippen molar-refractivity contribution in [2.75, 3.05) is 6.61 Å². The average molecular weight is 345 g/mol. The van der Waals surface area contributed by atoms with Crippen LogP contribution in [0.2, 0.25) is 0 Å². The minimum Gasteiger partial charge on any atom is -0.461 e. The minimum atomic E-state index is -0.487. The lowest BCUT2D eigenvalue weighted by atomic mass is 10.3. The Morgan fingerprint density at radius 1 is 1.63 bits per heavy atom. The maximum Gasteiger partial charge on any atom is 0.360 e. The summed E-state index contributed by atoms with van der Waals surface area (Å²) in [7, 11) is 0. The van der Waals surface area contributed by atoms with Gasteiger partial charge in [-0.3, -0.25) is 0 Å². The molecule has 0 radical (unpaired) electrons. The number of carbonyl (C=O) groups excluding carboxylic acids is 1. The van der Waals surface area contributed by atoms with Crippen LogP contribution < -0.4 is 5.73 Å². The topological polar surface area (TPSA) is 83.0 Å². The second kappa shape index (κ2) is 6.27. The van der Waals surface area contributed by atoms with Gasteiger partial charge in [-0.15, -0.1) is 16.4 Å². The highest BCUT2D eigenvalue weighted by Gasteiger charge is 2.20. The number of esters is 1. The molecule has 0 amide bonds. The quantitative estimate of drug-likeness (QED) is 0.836. The van der Waals surface area contributed by atoms with Crippen LogP contribution in [-0.4, -0.2) is 27.6 Å². The molecule has 0 aromatic carbocycles. The molecule has 0 spiro atoms. The summed E-state index contributed by atoms with van der Waals surface area (Å²) < 4.78 is 7.56. The van der Waals surface area contributed by atoms with Crippen molar-refractivity contribution in [1.29, 1.82) is 0 Å². The van der Waals surface area contributed by atoms with Gasteiger partial charge in [-0.05, 0) is 34.3 Å². The van der Waals surface area contributed by atoms with E-state index in [9.17, 15) is 4.79 Å². The number of carbonyl (C=O) groups is 1. The largest absolute Gasteiger partial charge is 0.461 e. The summed E-state index contributed by atoms with van der Waals surface area (Å²) >= 11 is 5.06. The summed E-state index contributed by atoms with van der Waals surface area (Å²) in [5.41, 5.74) is 6.45. The fraction of sp³-hybridized carbons (Fsp3) is 0.364. The number of nitrogens with two attached hydrogens (primary N) is 1. The first-order valence-corrected chi connectivity index (χ1v) is 7.36. The van der Waals surface area contributed by atoms with Gasteiger partial charge >= 0.3 is 5.97 Å². The van der Waals surface area contributed by atoms with Gasteiger partial charge in [-0.1, -0.05) is 5.21 Å². The molecule has 0 fully saturated rings. The Hall–Kier alpha value is -1.25. The summed E-state index contributed by atoms with van der Waals surface area (Å²) in [4.78, 5) is 12.8. The highest BCUT2D eigenvalue weighted by atomic mass is 79.9. The zero-order chi connectivity index (χ0) is 13.8. The maximum atomic E-state index is 11.7. The van der Waals surface area contributed by atoms with Gasteiger partial charge in [-0.25, -0.2) is 9.48 Å². The van der Waals surface area contributed by atoms with Crippen molar-refractivity contribution in [2.45, 2.75) is 20.0 Å². The zero-order valence-electron chi connectivity index (χ0n) is 10.3. The predicted molar refractivity (Wildman–Crippen MR) is 75.0 cm³/mol. The van der Waals surface area contributed by atoms with Crippen LogP contribution in [0.15, 0.2) is 15.9 Å². The van der Waals surface area contributed by atoms with E-state index in [0.29, 0.717) is 18.8 Å². The van der Waals surface area contributed by atoms with Crippen LogP contribution in [-0.2, 0) is 17.8 Å². The molecule has 8 heteroatoms. The molecule has 102 valence electrons. The van der Waals surface area contributed by atoms with Gasteiger partial charge in [0.15, 0.2) is 5.69 Å². The molecule has 0 saturated heterocycles. The lowest BCUT2D eigenvalue weighted by Gasteiger charge is -2.05. The van der Waals surface area contributed by atoms with E-state index in [-0.39, 0.29) is 12.2 Å². The third-order valence-electron chi connectivity index (χ3n) is 2.48. The van der Waals surface area contributed by atoms with E-state index >= 15 is 0 Å². The molecule has 2 N–H and O–H groups in total. The van der Waals surface area contributed by atoms with Crippen molar-refractivity contribution in [2.24, 2.45) is 5.73 Å². The number of hydrogen-bond acceptors (Lipinski definition) is 6. The van der Waals surface area contributed by atoms with Gasteiger partial charge in [0.2, 0.25) is 0 Å². The van der Waals surface area contributed by atoms with Gasteiger partial charge in [0.05, 0.1) is 18.8 Å². The van der Waals surface area contributed by atoms with Crippen molar-refractivity contribution in [3.63, 3.8) is 0 Å². The monoisotopic (exact) mass is 344 g/mol. The number of halogens is 1. The third kappa shape index (κ3) is 3.02. The second-order valence-electron chi connectivity index (χ2n) is 3.66. The van der Waals surface area contributed by atoms with Crippen LogP contribution in [0.25, 0.3) is 0 Å². The van der Waals surface area contributed by atoms with Gasteiger partial charge in [-0.2, -0.15) is 0 Å². The Bertz CT molecular complexity index is 581. The van der Waals surface area contributed by atoms with Gasteiger partial charge < -0.3 is 10.5 Å². The van der Waals surface area contributed by atoms with Crippen LogP contribution >= 0.6 is 27.3 Å². The standard InChI is InChI=1S/C11H13BrN4O2S/c1-2-18-11(17)10-8(5-13)16(15-14-10)6-9-7(12)3-4-19-9/h3-4H,2,5-6,13H2,1H3. The molecule has 2 heterocycles. The first-order valence-electron chi connectivity index (χ1n) is 5.68. The first-order chi connectivity index (χ1) is 9.17. The van der Waals surface area contributed by atoms with E-state index < -0.39 is 5.97 Å². The molecule has 6 nitrogen and oxygen atoms in total. The molecule has 0 aliphatic rings. The molecular weight excluding hydrogens is 332 g/mol. The molecule has 2 rings (SSSR count). The van der Waals surface area contributed by atoms with Gasteiger partial charge in [0.25, 0.3) is 0 Å². The van der Waals surface area contributed by atoms with Gasteiger partial charge in [0, 0.05) is 15.9 Å². The molecule has 0 atom stereocenters. The summed E-state index contributed by atoms with van der Waals surface area (Å²) in [6, 6.07) is 1.96. The van der Waals surface area contributed by atoms with E-state index in [4.69, 9.17) is 10.5 Å². The Morgan fingerprint density at radius 2 is 2.42 bits per heavy atom. The van der Waals surface area contributed by atoms with E-state index in [2.05, 4.69) is 26.2 Å². The fourth-order valence-electron chi connectivity index (χ4n) is 1.59. The molecule has 0 aliphatic heterocycles. The Morgan fingerprint density at radius 3 is 3.00 bits per heavy atom. The number of thiophene rings is 1. The van der Waals surface area contributed by atoms with Crippen LogP contribution in [0, 0.1) is 0 Å². The Balaban J connectivity index is 2.27. The van der Waals surface area contributed by atoms with Crippen molar-refractivity contribution < 1.29 is 9.53 Å². The Labute approximate surface area is 122 Å². The molecular formula is C11H13BrN4O2S. The number of nitrogens with zero attached hydrogens (tertiary/aromatic N) is 3. The fourth-order valence-corrected chi connectivity index (χ4v) is 3.05. The lowest BCUT2D eigenvalue weighted by molar-refractivity contribution is 0.0518. The normalized spacial score (nSPS) is 10.7. The van der Waals surface area contributed by atoms with E-state index in [1.165, 1.54) is 0 Å². The van der Waals surface area contributed by atoms with Crippen LogP contribution in [0.4, 0.5) is 0 Å². The van der Waals surface area contributed by atoms with E-state index in [1.54, 1.807) is 22.9 Å². The summed E-state index contributed by atoms with van der Waals surface area (Å²) in [6.45, 7) is 2.75. The highest BCUT2D eigenvalue weighted by molar-refractivity contribution is 9.10. The predicted octanol–water partition coefficient (Wildman–Crippen LogP) is 1.79. The average Bonchev–Trinajstić information content (AvgIpc) is 2.97. The van der Waals surface area contributed by atoms with E-state index in [0.717, 1.165) is 9.35 Å². The smallest absolute Gasteiger partial charge is 0.360 e. The minimum absolute atomic E-state index is 0.185. The number of rotatable bonds is 5. The summed E-state index contributed by atoms with van der Waals surface area (Å²) in [5.74, 6) is -0.487. The molecule has 0 aliphatic carbocycles. The summed E-state index contributed by atoms with van der Waals surface area (Å²) in [5, 5.41) is 9.82. The molecule has 0 bridgehead atoms. The van der Waals surface area contributed by atoms with Gasteiger partial charge in [0.1, 0.15) is 0 Å². The Kier molecular flexibility index (Phi) is 4.67. The number of aromatic nitrogens is 3. The maximum absolute atomic E-state index is 11.7. The van der Waals surface area contributed by atoms with Crippen LogP contribution in [0.5, 0.6) is 0 Å². The third-order valence-corrected chi connectivity index (χ3v) is 4.40. The van der Waals surface area contributed by atoms with Crippen LogP contribution in [0.3, 0.4) is 0 Å². The molecule has 2 aromatic rings. The molecule has 0 unspecified atom stereocenters. The highest BCUT2D eigenvalue weighted by Crippen LogP contribution is 2.24.